The summed E-state index contributed by atoms with van der Waals surface area (Å²) >= 11 is 0. The van der Waals surface area contributed by atoms with Crippen LogP contribution in [-0.4, -0.2) is 11.1 Å². The third kappa shape index (κ3) is 4.01. The lowest BCUT2D eigenvalue weighted by molar-refractivity contribution is 0.611. The zero-order valence-corrected chi connectivity index (χ0v) is 16.4. The lowest BCUT2D eigenvalue weighted by atomic mass is 9.96. The summed E-state index contributed by atoms with van der Waals surface area (Å²) in [6.07, 6.45) is 13.3. The van der Waals surface area contributed by atoms with Crippen molar-refractivity contribution in [1.29, 1.82) is 0 Å². The van der Waals surface area contributed by atoms with E-state index >= 15 is 0 Å². The van der Waals surface area contributed by atoms with Gasteiger partial charge in [0, 0.05) is 23.5 Å². The minimum atomic E-state index is -0.105. The largest absolute Gasteiger partial charge is 0.368 e. The zero-order valence-electron chi connectivity index (χ0n) is 16.4. The molecular weight excluding hydrogens is 349 g/mol. The smallest absolute Gasteiger partial charge is 0.126 e. The van der Waals surface area contributed by atoms with E-state index in [1.807, 2.05) is 30.6 Å². The van der Waals surface area contributed by atoms with E-state index in [9.17, 15) is 4.39 Å². The molecular formula is C24H26FN3. The molecule has 0 amide bonds. The molecule has 144 valence electrons. The standard InChI is InChI=1S/C24H26FN3/c1-3-16(2)14-27-23-11-9-19(15-28-23)20-5-4-12-26-24(20)18-8-10-22(25)21(13-18)17-6-7-17/h4-5,8-15,17,23,27-28H,3,6-7H2,1-2H3/b16-14-. The Morgan fingerprint density at radius 3 is 2.89 bits per heavy atom. The lowest BCUT2D eigenvalue weighted by Crippen LogP contribution is -2.36. The molecule has 1 atom stereocenters. The number of nitrogens with zero attached hydrogens (tertiary/aromatic N) is 1. The Balaban J connectivity index is 1.59. The van der Waals surface area contributed by atoms with Crippen molar-refractivity contribution in [3.63, 3.8) is 0 Å². The summed E-state index contributed by atoms with van der Waals surface area (Å²) in [6.45, 7) is 4.25. The van der Waals surface area contributed by atoms with Crippen LogP contribution in [-0.2, 0) is 0 Å². The average Bonchev–Trinajstić information content (AvgIpc) is 3.58. The maximum absolute atomic E-state index is 14.2. The van der Waals surface area contributed by atoms with Gasteiger partial charge in [-0.05, 0) is 79.8 Å². The van der Waals surface area contributed by atoms with E-state index in [0.717, 1.165) is 47.2 Å². The molecule has 0 saturated heterocycles. The SMILES string of the molecule is CC/C(C)=C\NC1C=CC(c2cccnc2-c2ccc(F)c(C3CC3)c2)=CN1. The topological polar surface area (TPSA) is 37.0 Å². The molecule has 2 aliphatic rings. The van der Waals surface area contributed by atoms with Crippen molar-refractivity contribution in [3.8, 4) is 11.3 Å². The molecule has 1 unspecified atom stereocenters. The molecule has 3 nitrogen and oxygen atoms in total. The Bertz CT molecular complexity index is 954. The second-order valence-corrected chi connectivity index (χ2v) is 7.52. The van der Waals surface area contributed by atoms with Crippen molar-refractivity contribution in [1.82, 2.24) is 15.6 Å². The van der Waals surface area contributed by atoms with Crippen molar-refractivity contribution in [2.75, 3.05) is 0 Å². The first-order valence-electron chi connectivity index (χ1n) is 9.97. The highest BCUT2D eigenvalue weighted by Crippen LogP contribution is 2.42. The third-order valence-corrected chi connectivity index (χ3v) is 5.36. The number of hydrogen-bond acceptors (Lipinski definition) is 3. The van der Waals surface area contributed by atoms with E-state index in [4.69, 9.17) is 0 Å². The summed E-state index contributed by atoms with van der Waals surface area (Å²) in [7, 11) is 0. The van der Waals surface area contributed by atoms with Crippen LogP contribution >= 0.6 is 0 Å². The maximum atomic E-state index is 14.2. The van der Waals surface area contributed by atoms with Gasteiger partial charge in [0.1, 0.15) is 12.0 Å². The van der Waals surface area contributed by atoms with Crippen LogP contribution in [0.15, 0.2) is 66.7 Å². The van der Waals surface area contributed by atoms with Crippen molar-refractivity contribution in [2.45, 2.75) is 45.2 Å². The molecule has 1 aromatic heterocycles. The van der Waals surface area contributed by atoms with E-state index in [-0.39, 0.29) is 12.0 Å². The first kappa shape index (κ1) is 18.5. The predicted octanol–water partition coefficient (Wildman–Crippen LogP) is 5.49. The minimum Gasteiger partial charge on any atom is -0.368 e. The molecule has 1 aliphatic carbocycles. The van der Waals surface area contributed by atoms with Crippen molar-refractivity contribution >= 4 is 5.57 Å². The zero-order chi connectivity index (χ0) is 19.5. The highest BCUT2D eigenvalue weighted by molar-refractivity contribution is 5.84. The highest BCUT2D eigenvalue weighted by atomic mass is 19.1. The Labute approximate surface area is 166 Å². The van der Waals surface area contributed by atoms with Gasteiger partial charge >= 0.3 is 0 Å². The second-order valence-electron chi connectivity index (χ2n) is 7.52. The van der Waals surface area contributed by atoms with Crippen LogP contribution < -0.4 is 10.6 Å². The second kappa shape index (κ2) is 8.01. The molecule has 1 saturated carbocycles. The fourth-order valence-electron chi connectivity index (χ4n) is 3.35. The van der Waals surface area contributed by atoms with Gasteiger partial charge in [-0.25, -0.2) is 4.39 Å². The lowest BCUT2D eigenvalue weighted by Gasteiger charge is -2.20. The molecule has 28 heavy (non-hydrogen) atoms. The molecule has 0 bridgehead atoms. The monoisotopic (exact) mass is 375 g/mol. The molecule has 2 heterocycles. The molecule has 1 aromatic carbocycles. The number of benzene rings is 1. The van der Waals surface area contributed by atoms with Gasteiger partial charge in [-0.15, -0.1) is 0 Å². The van der Waals surface area contributed by atoms with Crippen LogP contribution in [0.5, 0.6) is 0 Å². The fraction of sp³-hybridized carbons (Fsp3) is 0.292. The number of aromatic nitrogens is 1. The van der Waals surface area contributed by atoms with Gasteiger partial charge in [-0.1, -0.05) is 24.6 Å². The van der Waals surface area contributed by atoms with Gasteiger partial charge in [0.15, 0.2) is 0 Å². The molecule has 0 radical (unpaired) electrons. The van der Waals surface area contributed by atoms with Crippen LogP contribution in [0.3, 0.4) is 0 Å². The van der Waals surface area contributed by atoms with Crippen LogP contribution in [0.25, 0.3) is 16.8 Å². The first-order chi connectivity index (χ1) is 13.7. The fourth-order valence-corrected chi connectivity index (χ4v) is 3.35. The number of allylic oxidation sites excluding steroid dienone is 3. The van der Waals surface area contributed by atoms with E-state index in [1.54, 1.807) is 12.3 Å². The van der Waals surface area contributed by atoms with Gasteiger partial charge in [0.25, 0.3) is 0 Å². The van der Waals surface area contributed by atoms with Gasteiger partial charge in [-0.2, -0.15) is 0 Å². The molecule has 2 aromatic rings. The summed E-state index contributed by atoms with van der Waals surface area (Å²) in [5.74, 6) is 0.264. The number of halogens is 1. The molecule has 2 N–H and O–H groups in total. The minimum absolute atomic E-state index is 0.0673. The summed E-state index contributed by atoms with van der Waals surface area (Å²) in [6, 6.07) is 9.39. The first-order valence-corrected chi connectivity index (χ1v) is 9.97. The van der Waals surface area contributed by atoms with Gasteiger partial charge < -0.3 is 10.6 Å². The number of rotatable bonds is 6. The summed E-state index contributed by atoms with van der Waals surface area (Å²) in [5.41, 5.74) is 6.09. The van der Waals surface area contributed by atoms with Crippen molar-refractivity contribution in [2.24, 2.45) is 0 Å². The number of hydrogen-bond donors (Lipinski definition) is 2. The van der Waals surface area contributed by atoms with E-state index < -0.39 is 0 Å². The van der Waals surface area contributed by atoms with Crippen molar-refractivity contribution < 1.29 is 4.39 Å². The quantitative estimate of drug-likeness (QED) is 0.700. The maximum Gasteiger partial charge on any atom is 0.126 e. The molecule has 1 fully saturated rings. The third-order valence-electron chi connectivity index (χ3n) is 5.36. The Morgan fingerprint density at radius 2 is 2.18 bits per heavy atom. The summed E-state index contributed by atoms with van der Waals surface area (Å²) < 4.78 is 14.2. The van der Waals surface area contributed by atoms with Crippen LogP contribution in [0, 0.1) is 5.82 Å². The molecule has 0 spiro atoms. The van der Waals surface area contributed by atoms with Crippen LogP contribution in [0.4, 0.5) is 4.39 Å². The van der Waals surface area contributed by atoms with E-state index in [2.05, 4.69) is 47.7 Å². The van der Waals surface area contributed by atoms with Gasteiger partial charge in [0.05, 0.1) is 5.69 Å². The Morgan fingerprint density at radius 1 is 1.32 bits per heavy atom. The van der Waals surface area contributed by atoms with Gasteiger partial charge in [-0.3, -0.25) is 4.98 Å². The van der Waals surface area contributed by atoms with E-state index in [0.29, 0.717) is 5.92 Å². The average molecular weight is 375 g/mol. The molecule has 4 heteroatoms. The number of pyridine rings is 1. The molecule has 4 rings (SSSR count). The summed E-state index contributed by atoms with van der Waals surface area (Å²) in [5, 5.41) is 6.74. The normalized spacial score (nSPS) is 19.2. The highest BCUT2D eigenvalue weighted by Gasteiger charge is 2.27. The van der Waals surface area contributed by atoms with E-state index in [1.165, 1.54) is 5.57 Å². The van der Waals surface area contributed by atoms with Crippen molar-refractivity contribution in [3.05, 3.63) is 83.6 Å². The Hall–Kier alpha value is -2.88. The predicted molar refractivity (Wildman–Crippen MR) is 113 cm³/mol. The number of dihydropyridines is 1. The number of nitrogens with one attached hydrogen (secondary N) is 2. The van der Waals surface area contributed by atoms with Crippen LogP contribution in [0.1, 0.15) is 50.2 Å². The summed E-state index contributed by atoms with van der Waals surface area (Å²) in [4.78, 5) is 4.61. The van der Waals surface area contributed by atoms with Gasteiger partial charge in [0.2, 0.25) is 0 Å². The molecule has 1 aliphatic heterocycles. The van der Waals surface area contributed by atoms with Crippen LogP contribution in [0.2, 0.25) is 0 Å². The Kier molecular flexibility index (Phi) is 5.29.